The molecule has 11 nitrogen and oxygen atoms in total. The number of sulfone groups is 1. The van der Waals surface area contributed by atoms with Gasteiger partial charge < -0.3 is 20.5 Å². The maximum Gasteiger partial charge on any atom is 0.326 e. The molecule has 0 saturated carbocycles. The minimum Gasteiger partial charge on any atom is -0.494 e. The van der Waals surface area contributed by atoms with Crippen molar-refractivity contribution in [1.29, 1.82) is 0 Å². The maximum absolute atomic E-state index is 13.5. The van der Waals surface area contributed by atoms with Gasteiger partial charge in [0.2, 0.25) is 5.91 Å². The van der Waals surface area contributed by atoms with Crippen molar-refractivity contribution in [3.8, 4) is 28.3 Å². The lowest BCUT2D eigenvalue weighted by Gasteiger charge is -2.22. The second kappa shape index (κ2) is 19.3. The number of carbonyl (C=O) groups excluding carboxylic acids is 2. The molecule has 0 radical (unpaired) electrons. The molecular weight excluding hydrogens is 705 g/mol. The number of rotatable bonds is 19. The Balaban J connectivity index is 1.45. The number of carboxylic acid groups (broad SMARTS) is 1. The number of nitrogens with zero attached hydrogens (tertiary/aromatic N) is 2. The molecule has 0 aliphatic carbocycles. The van der Waals surface area contributed by atoms with Gasteiger partial charge in [0.05, 0.1) is 12.4 Å². The van der Waals surface area contributed by atoms with Crippen LogP contribution in [0.1, 0.15) is 87.7 Å². The van der Waals surface area contributed by atoms with E-state index in [4.69, 9.17) is 4.74 Å². The van der Waals surface area contributed by atoms with Gasteiger partial charge in [-0.05, 0) is 59.2 Å². The molecule has 2 amide bonds. The summed E-state index contributed by atoms with van der Waals surface area (Å²) in [5, 5.41) is 14.9. The number of amides is 2. The van der Waals surface area contributed by atoms with Gasteiger partial charge in [-0.15, -0.1) is 0 Å². The number of aromatic nitrogens is 2. The predicted molar refractivity (Wildman–Crippen MR) is 211 cm³/mol. The first kappa shape index (κ1) is 41.7. The third-order valence-electron chi connectivity index (χ3n) is 9.03. The summed E-state index contributed by atoms with van der Waals surface area (Å²) in [6.07, 6.45) is 10.2. The zero-order chi connectivity index (χ0) is 39.3. The highest BCUT2D eigenvalue weighted by Crippen LogP contribution is 2.25. The van der Waals surface area contributed by atoms with Crippen LogP contribution in [0, 0.1) is 0 Å². The van der Waals surface area contributed by atoms with Crippen LogP contribution in [0.2, 0.25) is 0 Å². The Hall–Kier alpha value is -5.10. The Morgan fingerprint density at radius 2 is 1.39 bits per heavy atom. The monoisotopic (exact) mass is 756 g/mol. The normalized spacial score (nSPS) is 12.8. The molecule has 1 unspecified atom stereocenters. The van der Waals surface area contributed by atoms with E-state index >= 15 is 0 Å². The number of carboxylic acids is 1. The first-order valence-corrected chi connectivity index (χ1v) is 20.5. The van der Waals surface area contributed by atoms with E-state index in [2.05, 4.69) is 48.3 Å². The first-order chi connectivity index (χ1) is 25.6. The highest BCUT2D eigenvalue weighted by Gasteiger charge is 2.28. The van der Waals surface area contributed by atoms with Gasteiger partial charge in [0.25, 0.3) is 5.91 Å². The summed E-state index contributed by atoms with van der Waals surface area (Å²) in [4.78, 5) is 47.9. The summed E-state index contributed by atoms with van der Waals surface area (Å²) in [6, 6.07) is 19.5. The minimum absolute atomic E-state index is 0.0364. The molecule has 54 heavy (non-hydrogen) atoms. The van der Waals surface area contributed by atoms with Crippen molar-refractivity contribution in [3.63, 3.8) is 0 Å². The van der Waals surface area contributed by atoms with E-state index in [-0.39, 0.29) is 18.3 Å². The van der Waals surface area contributed by atoms with Gasteiger partial charge in [-0.1, -0.05) is 102 Å². The third-order valence-corrected chi connectivity index (χ3v) is 10.0. The Bertz CT molecular complexity index is 1940. The van der Waals surface area contributed by atoms with Crippen molar-refractivity contribution in [2.75, 3.05) is 18.6 Å². The van der Waals surface area contributed by atoms with Gasteiger partial charge >= 0.3 is 5.97 Å². The molecule has 0 bridgehead atoms. The Kier molecular flexibility index (Phi) is 14.9. The molecule has 2 atom stereocenters. The molecule has 0 saturated heterocycles. The Morgan fingerprint density at radius 3 is 1.96 bits per heavy atom. The van der Waals surface area contributed by atoms with Gasteiger partial charge in [0.15, 0.2) is 5.82 Å². The number of carbonyl (C=O) groups is 3. The highest BCUT2D eigenvalue weighted by molar-refractivity contribution is 7.90. The Morgan fingerprint density at radius 1 is 0.778 bits per heavy atom. The van der Waals surface area contributed by atoms with Gasteiger partial charge in [-0.3, -0.25) is 9.59 Å². The molecular formula is C42H52N4O7S. The second-order valence-corrected chi connectivity index (χ2v) is 16.9. The quantitative estimate of drug-likeness (QED) is 0.0873. The van der Waals surface area contributed by atoms with Crippen LogP contribution >= 0.6 is 0 Å². The van der Waals surface area contributed by atoms with Crippen LogP contribution < -0.4 is 15.4 Å². The van der Waals surface area contributed by atoms with E-state index in [1.165, 1.54) is 25.7 Å². The molecule has 1 heterocycles. The number of ether oxygens (including phenoxy) is 1. The zero-order valence-electron chi connectivity index (χ0n) is 31.8. The van der Waals surface area contributed by atoms with Gasteiger partial charge in [0, 0.05) is 41.8 Å². The van der Waals surface area contributed by atoms with Crippen LogP contribution in [0.4, 0.5) is 0 Å². The van der Waals surface area contributed by atoms with E-state index in [1.807, 2.05) is 48.5 Å². The number of nitrogens with one attached hydrogen (secondary N) is 2. The molecule has 0 aliphatic rings. The largest absolute Gasteiger partial charge is 0.494 e. The van der Waals surface area contributed by atoms with Crippen LogP contribution in [0.25, 0.3) is 22.5 Å². The standard InChI is InChI=1S/C42H52N4O7S/c1-6-7-8-9-10-24-53-35-21-17-30(18-22-35)33-27-43-38(44-28-33)31-13-11-29(12-14-31)26-37(40(48)45-36(41(49)50)23-25-54(5,51)52)46-39(47)32-15-19-34(20-16-32)42(2,3)4/h11-22,27-28,36-37H,6-10,23-26H2,1-5H3,(H,45,48)(H,46,47)(H,49,50)/t36?,37-/m0/s1. The van der Waals surface area contributed by atoms with Crippen LogP contribution in [0.5, 0.6) is 5.75 Å². The topological polar surface area (TPSA) is 165 Å². The maximum atomic E-state index is 13.5. The van der Waals surface area contributed by atoms with Crippen LogP contribution in [-0.2, 0) is 31.3 Å². The fraction of sp³-hybridized carbons (Fsp3) is 0.405. The number of aliphatic carboxylic acids is 1. The summed E-state index contributed by atoms with van der Waals surface area (Å²) in [5.41, 5.74) is 4.49. The average molecular weight is 757 g/mol. The van der Waals surface area contributed by atoms with Crippen molar-refractivity contribution in [2.45, 2.75) is 90.1 Å². The Labute approximate surface area is 318 Å². The summed E-state index contributed by atoms with van der Waals surface area (Å²) < 4.78 is 29.3. The van der Waals surface area contributed by atoms with Crippen LogP contribution in [-0.4, -0.2) is 72.0 Å². The molecule has 4 rings (SSSR count). The first-order valence-electron chi connectivity index (χ1n) is 18.4. The van der Waals surface area contributed by atoms with E-state index < -0.39 is 45.5 Å². The molecule has 12 heteroatoms. The summed E-state index contributed by atoms with van der Waals surface area (Å²) in [5.74, 6) is -1.73. The fourth-order valence-corrected chi connectivity index (χ4v) is 6.39. The van der Waals surface area contributed by atoms with E-state index in [1.54, 1.807) is 36.7 Å². The van der Waals surface area contributed by atoms with E-state index in [9.17, 15) is 27.9 Å². The highest BCUT2D eigenvalue weighted by atomic mass is 32.2. The van der Waals surface area contributed by atoms with Crippen LogP contribution in [0.3, 0.4) is 0 Å². The minimum atomic E-state index is -3.48. The number of hydrogen-bond acceptors (Lipinski definition) is 8. The molecule has 0 spiro atoms. The van der Waals surface area contributed by atoms with E-state index in [0.29, 0.717) is 23.6 Å². The van der Waals surface area contributed by atoms with Crippen molar-refractivity contribution < 1.29 is 32.6 Å². The molecule has 0 fully saturated rings. The lowest BCUT2D eigenvalue weighted by molar-refractivity contribution is -0.142. The van der Waals surface area contributed by atoms with Crippen LogP contribution in [0.15, 0.2) is 85.2 Å². The van der Waals surface area contributed by atoms with Crippen molar-refractivity contribution >= 4 is 27.6 Å². The number of benzene rings is 3. The molecule has 288 valence electrons. The number of unbranched alkanes of at least 4 members (excludes halogenated alkanes) is 4. The number of hydrogen-bond donors (Lipinski definition) is 3. The van der Waals surface area contributed by atoms with Gasteiger partial charge in [-0.2, -0.15) is 0 Å². The molecule has 3 N–H and O–H groups in total. The molecule has 4 aromatic rings. The van der Waals surface area contributed by atoms with Gasteiger partial charge in [0.1, 0.15) is 27.7 Å². The lowest BCUT2D eigenvalue weighted by Crippen LogP contribution is -2.52. The van der Waals surface area contributed by atoms with Crippen molar-refractivity contribution in [2.24, 2.45) is 0 Å². The van der Waals surface area contributed by atoms with Gasteiger partial charge in [-0.25, -0.2) is 23.2 Å². The van der Waals surface area contributed by atoms with Crippen molar-refractivity contribution in [3.05, 3.63) is 102 Å². The molecule has 1 aromatic heterocycles. The lowest BCUT2D eigenvalue weighted by atomic mass is 9.86. The van der Waals surface area contributed by atoms with Crippen molar-refractivity contribution in [1.82, 2.24) is 20.6 Å². The summed E-state index contributed by atoms with van der Waals surface area (Å²) in [6.45, 7) is 9.08. The SMILES string of the molecule is CCCCCCCOc1ccc(-c2cnc(-c3ccc(C[C@H](NC(=O)c4ccc(C(C)(C)C)cc4)C(=O)NC(CCS(C)(=O)=O)C(=O)O)cc3)nc2)cc1. The predicted octanol–water partition coefficient (Wildman–Crippen LogP) is 6.80. The summed E-state index contributed by atoms with van der Waals surface area (Å²) in [7, 11) is -3.48. The smallest absolute Gasteiger partial charge is 0.326 e. The third kappa shape index (κ3) is 13.1. The zero-order valence-corrected chi connectivity index (χ0v) is 32.6. The fourth-order valence-electron chi connectivity index (χ4n) is 5.73. The summed E-state index contributed by atoms with van der Waals surface area (Å²) >= 11 is 0. The molecule has 3 aromatic carbocycles. The average Bonchev–Trinajstić information content (AvgIpc) is 3.14. The molecule has 0 aliphatic heterocycles. The van der Waals surface area contributed by atoms with E-state index in [0.717, 1.165) is 40.7 Å². The second-order valence-electron chi connectivity index (χ2n) is 14.7.